The van der Waals surface area contributed by atoms with E-state index in [1.807, 2.05) is 12.1 Å². The lowest BCUT2D eigenvalue weighted by Gasteiger charge is -2.05. The number of aromatic amines is 1. The molecule has 1 heterocycles. The van der Waals surface area contributed by atoms with Crippen molar-refractivity contribution in [2.45, 2.75) is 13.0 Å². The molecule has 3 N–H and O–H groups in total. The van der Waals surface area contributed by atoms with Crippen LogP contribution in [0.1, 0.15) is 17.4 Å². The van der Waals surface area contributed by atoms with Gasteiger partial charge in [0.25, 0.3) is 0 Å². The van der Waals surface area contributed by atoms with Gasteiger partial charge < -0.3 is 15.5 Å². The molecule has 1 unspecified atom stereocenters. The highest BCUT2D eigenvalue weighted by atomic mass is 16.5. The zero-order chi connectivity index (χ0) is 10.8. The minimum atomic E-state index is -0.192. The summed E-state index contributed by atoms with van der Waals surface area (Å²) in [6, 6.07) is 5.90. The summed E-state index contributed by atoms with van der Waals surface area (Å²) in [6.07, 6.45) is 0. The van der Waals surface area contributed by atoms with Crippen molar-refractivity contribution in [3.8, 4) is 0 Å². The minimum absolute atomic E-state index is 0.192. The maximum Gasteiger partial charge on any atom is 0.126 e. The van der Waals surface area contributed by atoms with Crippen molar-refractivity contribution in [2.24, 2.45) is 5.73 Å². The van der Waals surface area contributed by atoms with Crippen LogP contribution in [-0.2, 0) is 4.74 Å². The van der Waals surface area contributed by atoms with Crippen molar-refractivity contribution >= 4 is 11.0 Å². The second-order valence-corrected chi connectivity index (χ2v) is 3.70. The number of nitrogens with one attached hydrogen (secondary N) is 1. The summed E-state index contributed by atoms with van der Waals surface area (Å²) in [6.45, 7) is 2.52. The van der Waals surface area contributed by atoms with Crippen LogP contribution in [0.2, 0.25) is 0 Å². The van der Waals surface area contributed by atoms with E-state index >= 15 is 0 Å². The molecule has 15 heavy (non-hydrogen) atoms. The van der Waals surface area contributed by atoms with Crippen LogP contribution in [-0.4, -0.2) is 23.7 Å². The normalized spacial score (nSPS) is 13.3. The van der Waals surface area contributed by atoms with Gasteiger partial charge in [-0.2, -0.15) is 0 Å². The first kappa shape index (κ1) is 10.1. The summed E-state index contributed by atoms with van der Waals surface area (Å²) in [7, 11) is 1.63. The Labute approximate surface area is 88.5 Å². The van der Waals surface area contributed by atoms with E-state index in [0.717, 1.165) is 16.9 Å². The molecule has 0 aliphatic rings. The molecular formula is C11H15N3O. The maximum absolute atomic E-state index is 5.89. The number of imidazole rings is 1. The molecule has 80 valence electrons. The molecule has 1 atom stereocenters. The number of rotatable bonds is 3. The van der Waals surface area contributed by atoms with Crippen LogP contribution < -0.4 is 5.73 Å². The van der Waals surface area contributed by atoms with Crippen molar-refractivity contribution in [3.05, 3.63) is 29.6 Å². The molecule has 0 radical (unpaired) electrons. The number of aromatic nitrogens is 2. The molecule has 1 aromatic heterocycles. The molecule has 0 fully saturated rings. The molecule has 0 aliphatic heterocycles. The van der Waals surface area contributed by atoms with Crippen LogP contribution in [0.4, 0.5) is 0 Å². The van der Waals surface area contributed by atoms with Crippen LogP contribution in [0.25, 0.3) is 11.0 Å². The van der Waals surface area contributed by atoms with Gasteiger partial charge in [0.1, 0.15) is 5.82 Å². The maximum atomic E-state index is 5.89. The average Bonchev–Trinajstić information content (AvgIpc) is 2.60. The van der Waals surface area contributed by atoms with E-state index < -0.39 is 0 Å². The molecular weight excluding hydrogens is 190 g/mol. The zero-order valence-corrected chi connectivity index (χ0v) is 8.95. The number of hydrogen-bond donors (Lipinski definition) is 2. The molecule has 0 aliphatic carbocycles. The van der Waals surface area contributed by atoms with E-state index in [-0.39, 0.29) is 6.04 Å². The third-order valence-corrected chi connectivity index (χ3v) is 2.35. The lowest BCUT2D eigenvalue weighted by atomic mass is 10.2. The number of fused-ring (bicyclic) bond motifs is 1. The third kappa shape index (κ3) is 2.00. The fraction of sp³-hybridized carbons (Fsp3) is 0.364. The first-order valence-corrected chi connectivity index (χ1v) is 4.91. The van der Waals surface area contributed by atoms with Crippen LogP contribution in [0.3, 0.4) is 0 Å². The quantitative estimate of drug-likeness (QED) is 0.798. The van der Waals surface area contributed by atoms with Crippen LogP contribution in [0.5, 0.6) is 0 Å². The van der Waals surface area contributed by atoms with E-state index in [1.165, 1.54) is 5.56 Å². The topological polar surface area (TPSA) is 63.9 Å². The van der Waals surface area contributed by atoms with Crippen LogP contribution >= 0.6 is 0 Å². The number of hydrogen-bond acceptors (Lipinski definition) is 3. The molecule has 0 bridgehead atoms. The highest BCUT2D eigenvalue weighted by Gasteiger charge is 2.10. The standard InChI is InChI=1S/C11H15N3O/c1-7-3-4-9-10(5-7)14-11(13-9)8(12)6-15-2/h3-5,8H,6,12H2,1-2H3,(H,13,14). The van der Waals surface area contributed by atoms with E-state index in [4.69, 9.17) is 10.5 Å². The van der Waals surface area contributed by atoms with Gasteiger partial charge >= 0.3 is 0 Å². The van der Waals surface area contributed by atoms with Gasteiger partial charge in [-0.15, -0.1) is 0 Å². The van der Waals surface area contributed by atoms with Gasteiger partial charge in [-0.1, -0.05) is 6.07 Å². The molecule has 4 heteroatoms. The second kappa shape index (κ2) is 4.00. The fourth-order valence-corrected chi connectivity index (χ4v) is 1.58. The summed E-state index contributed by atoms with van der Waals surface area (Å²) in [5, 5.41) is 0. The number of nitrogens with zero attached hydrogens (tertiary/aromatic N) is 1. The minimum Gasteiger partial charge on any atom is -0.383 e. The number of nitrogens with two attached hydrogens (primary N) is 1. The molecule has 1 aromatic carbocycles. The van der Waals surface area contributed by atoms with Gasteiger partial charge in [-0.05, 0) is 24.6 Å². The Bertz CT molecular complexity index is 464. The summed E-state index contributed by atoms with van der Waals surface area (Å²) in [4.78, 5) is 7.62. The third-order valence-electron chi connectivity index (χ3n) is 2.35. The Kier molecular flexibility index (Phi) is 2.70. The number of H-pyrrole nitrogens is 1. The van der Waals surface area contributed by atoms with E-state index in [0.29, 0.717) is 6.61 Å². The molecule has 4 nitrogen and oxygen atoms in total. The van der Waals surface area contributed by atoms with Crippen molar-refractivity contribution in [2.75, 3.05) is 13.7 Å². The summed E-state index contributed by atoms with van der Waals surface area (Å²) in [5.74, 6) is 0.775. The number of ether oxygens (including phenoxy) is 1. The largest absolute Gasteiger partial charge is 0.383 e. The van der Waals surface area contributed by atoms with Crippen molar-refractivity contribution in [1.82, 2.24) is 9.97 Å². The predicted molar refractivity (Wildman–Crippen MR) is 59.6 cm³/mol. The Hall–Kier alpha value is -1.39. The summed E-state index contributed by atoms with van der Waals surface area (Å²) in [5.41, 5.74) is 9.07. The van der Waals surface area contributed by atoms with Gasteiger partial charge in [0.2, 0.25) is 0 Å². The molecule has 2 aromatic rings. The van der Waals surface area contributed by atoms with E-state index in [9.17, 15) is 0 Å². The Morgan fingerprint density at radius 3 is 3.07 bits per heavy atom. The highest BCUT2D eigenvalue weighted by molar-refractivity contribution is 5.75. The van der Waals surface area contributed by atoms with Crippen LogP contribution in [0.15, 0.2) is 18.2 Å². The molecule has 0 spiro atoms. The predicted octanol–water partition coefficient (Wildman–Crippen LogP) is 1.52. The number of methoxy groups -OCH3 is 1. The SMILES string of the molecule is COCC(N)c1nc2ccc(C)cc2[nH]1. The second-order valence-electron chi connectivity index (χ2n) is 3.70. The van der Waals surface area contributed by atoms with Crippen molar-refractivity contribution < 1.29 is 4.74 Å². The Morgan fingerprint density at radius 2 is 2.33 bits per heavy atom. The lowest BCUT2D eigenvalue weighted by Crippen LogP contribution is -2.17. The summed E-state index contributed by atoms with van der Waals surface area (Å²) < 4.78 is 4.99. The number of benzene rings is 1. The van der Waals surface area contributed by atoms with Gasteiger partial charge in [0.05, 0.1) is 23.7 Å². The smallest absolute Gasteiger partial charge is 0.126 e. The van der Waals surface area contributed by atoms with E-state index in [2.05, 4.69) is 23.0 Å². The van der Waals surface area contributed by atoms with Crippen molar-refractivity contribution in [3.63, 3.8) is 0 Å². The first-order valence-electron chi connectivity index (χ1n) is 4.91. The Balaban J connectivity index is 2.38. The number of aryl methyl sites for hydroxylation is 1. The van der Waals surface area contributed by atoms with Gasteiger partial charge in [0.15, 0.2) is 0 Å². The molecule has 0 saturated heterocycles. The van der Waals surface area contributed by atoms with Gasteiger partial charge in [0, 0.05) is 7.11 Å². The molecule has 0 saturated carbocycles. The molecule has 0 amide bonds. The van der Waals surface area contributed by atoms with Gasteiger partial charge in [-0.25, -0.2) is 4.98 Å². The monoisotopic (exact) mass is 205 g/mol. The fourth-order valence-electron chi connectivity index (χ4n) is 1.58. The highest BCUT2D eigenvalue weighted by Crippen LogP contribution is 2.16. The lowest BCUT2D eigenvalue weighted by molar-refractivity contribution is 0.178. The van der Waals surface area contributed by atoms with Crippen LogP contribution in [0, 0.1) is 6.92 Å². The first-order chi connectivity index (χ1) is 7.20. The zero-order valence-electron chi connectivity index (χ0n) is 8.95. The van der Waals surface area contributed by atoms with Crippen molar-refractivity contribution in [1.29, 1.82) is 0 Å². The molecule has 2 rings (SSSR count). The summed E-state index contributed by atoms with van der Waals surface area (Å²) >= 11 is 0. The van der Waals surface area contributed by atoms with E-state index in [1.54, 1.807) is 7.11 Å². The van der Waals surface area contributed by atoms with Gasteiger partial charge in [-0.3, -0.25) is 0 Å². The Morgan fingerprint density at radius 1 is 1.53 bits per heavy atom. The average molecular weight is 205 g/mol.